The fourth-order valence-electron chi connectivity index (χ4n) is 5.73. The predicted molar refractivity (Wildman–Crippen MR) is 128 cm³/mol. The Morgan fingerprint density at radius 2 is 1.92 bits per heavy atom. The number of hydrogen-bond acceptors (Lipinski definition) is 7. The molecule has 2 unspecified atom stereocenters. The number of rotatable bonds is 5. The van der Waals surface area contributed by atoms with Gasteiger partial charge in [0.25, 0.3) is 5.56 Å². The van der Waals surface area contributed by atoms with Crippen LogP contribution in [-0.2, 0) is 32.8 Å². The Kier molecular flexibility index (Phi) is 6.57. The number of carbonyl (C=O) groups excluding carboxylic acids is 3. The van der Waals surface area contributed by atoms with Gasteiger partial charge in [0.05, 0.1) is 13.2 Å². The Bertz CT molecular complexity index is 1300. The van der Waals surface area contributed by atoms with Crippen molar-refractivity contribution in [2.45, 2.75) is 44.2 Å². The molecule has 3 aliphatic rings. The van der Waals surface area contributed by atoms with Crippen LogP contribution >= 0.6 is 0 Å². The fraction of sp³-hybridized carbons (Fsp3) is 0.500. The van der Waals surface area contributed by atoms with Crippen LogP contribution in [0.3, 0.4) is 0 Å². The highest BCUT2D eigenvalue weighted by Gasteiger charge is 2.53. The van der Waals surface area contributed by atoms with Crippen LogP contribution in [0.15, 0.2) is 29.1 Å². The molecule has 1 aromatic heterocycles. The second-order valence-corrected chi connectivity index (χ2v) is 10.0. The molecule has 3 heterocycles. The van der Waals surface area contributed by atoms with Crippen LogP contribution in [0.1, 0.15) is 47.6 Å². The van der Waals surface area contributed by atoms with Gasteiger partial charge in [0.15, 0.2) is 11.5 Å². The lowest BCUT2D eigenvalue weighted by Gasteiger charge is -2.42. The molecule has 1 saturated heterocycles. The zero-order chi connectivity index (χ0) is 26.3. The first kappa shape index (κ1) is 25.1. The van der Waals surface area contributed by atoms with Gasteiger partial charge in [0, 0.05) is 33.1 Å². The molecule has 5 rings (SSSR count). The number of ketones is 1. The first-order chi connectivity index (χ1) is 17.7. The minimum absolute atomic E-state index is 0.0466. The number of aryl methyl sites for hydroxylation is 1. The molecular formula is C26H29FN4O6. The summed E-state index contributed by atoms with van der Waals surface area (Å²) in [4.78, 5) is 59.9. The van der Waals surface area contributed by atoms with E-state index in [1.807, 2.05) is 0 Å². The minimum atomic E-state index is -1.04. The monoisotopic (exact) mass is 512 g/mol. The lowest BCUT2D eigenvalue weighted by atomic mass is 9.88. The Hall–Kier alpha value is -3.60. The summed E-state index contributed by atoms with van der Waals surface area (Å²) in [5.74, 6) is -2.69. The number of nitrogens with zero attached hydrogens (tertiary/aromatic N) is 4. The van der Waals surface area contributed by atoms with Gasteiger partial charge in [0.1, 0.15) is 17.2 Å². The first-order valence-corrected chi connectivity index (χ1v) is 12.5. The van der Waals surface area contributed by atoms with E-state index in [0.717, 1.165) is 5.56 Å². The van der Waals surface area contributed by atoms with Crippen molar-refractivity contribution >= 4 is 17.6 Å². The Morgan fingerprint density at radius 1 is 1.22 bits per heavy atom. The van der Waals surface area contributed by atoms with Crippen molar-refractivity contribution in [1.29, 1.82) is 0 Å². The molecule has 0 spiro atoms. The summed E-state index contributed by atoms with van der Waals surface area (Å²) in [6.45, 7) is 1.68. The number of morpholine rings is 1. The van der Waals surface area contributed by atoms with Gasteiger partial charge in [-0.25, -0.2) is 9.37 Å². The zero-order valence-electron chi connectivity index (χ0n) is 20.6. The van der Waals surface area contributed by atoms with Gasteiger partial charge in [-0.05, 0) is 49.3 Å². The van der Waals surface area contributed by atoms with E-state index < -0.39 is 34.4 Å². The highest BCUT2D eigenvalue weighted by Crippen LogP contribution is 2.49. The summed E-state index contributed by atoms with van der Waals surface area (Å²) >= 11 is 0. The molecule has 1 saturated carbocycles. The Labute approximate surface area is 212 Å². The number of fused-ring (bicyclic) bond motifs is 4. The first-order valence-electron chi connectivity index (χ1n) is 12.5. The van der Waals surface area contributed by atoms with Gasteiger partial charge in [-0.2, -0.15) is 0 Å². The third-order valence-electron chi connectivity index (χ3n) is 7.84. The van der Waals surface area contributed by atoms with Gasteiger partial charge >= 0.3 is 11.8 Å². The van der Waals surface area contributed by atoms with Crippen molar-refractivity contribution in [2.24, 2.45) is 5.92 Å². The number of halogens is 1. The van der Waals surface area contributed by atoms with Gasteiger partial charge in [-0.3, -0.25) is 23.7 Å². The van der Waals surface area contributed by atoms with Crippen LogP contribution in [0.25, 0.3) is 0 Å². The SMILES string of the molecule is CN(C(=O)C(=O)N1CCOCC1)C12CCC(Cn3c1nc(C(=O)CCc1ccc(F)cc1)c(O)c3=O)C2. The molecule has 196 valence electrons. The normalized spacial score (nSPS) is 22.4. The van der Waals surface area contributed by atoms with Crippen LogP contribution in [0.5, 0.6) is 5.75 Å². The molecule has 1 aromatic carbocycles. The van der Waals surface area contributed by atoms with E-state index in [9.17, 15) is 28.7 Å². The third-order valence-corrected chi connectivity index (χ3v) is 7.84. The number of aromatic nitrogens is 2. The topological polar surface area (TPSA) is 122 Å². The molecule has 2 fully saturated rings. The van der Waals surface area contributed by atoms with Crippen LogP contribution in [0, 0.1) is 11.7 Å². The van der Waals surface area contributed by atoms with Gasteiger partial charge in [-0.15, -0.1) is 0 Å². The van der Waals surface area contributed by atoms with Crippen molar-refractivity contribution in [3.8, 4) is 5.75 Å². The number of aromatic hydroxyl groups is 1. The molecular weight excluding hydrogens is 483 g/mol. The van der Waals surface area contributed by atoms with E-state index in [-0.39, 0.29) is 36.1 Å². The molecule has 37 heavy (non-hydrogen) atoms. The van der Waals surface area contributed by atoms with Gasteiger partial charge < -0.3 is 19.6 Å². The average Bonchev–Trinajstić information content (AvgIpc) is 3.28. The molecule has 2 amide bonds. The molecule has 2 aliphatic heterocycles. The van der Waals surface area contributed by atoms with Crippen molar-refractivity contribution in [3.63, 3.8) is 0 Å². The number of benzene rings is 1. The zero-order valence-corrected chi connectivity index (χ0v) is 20.6. The van der Waals surface area contributed by atoms with E-state index in [1.54, 1.807) is 12.1 Å². The molecule has 11 heteroatoms. The molecule has 2 atom stereocenters. The van der Waals surface area contributed by atoms with E-state index in [2.05, 4.69) is 4.98 Å². The standard InChI is InChI=1S/C26H29FN4O6/c1-29(23(35)24(36)30-10-12-37-13-11-30)26-9-8-17(14-26)15-31-22(34)21(33)20(28-25(26)31)19(32)7-4-16-2-5-18(27)6-3-16/h2-3,5-6,17,33H,4,7-15H2,1H3. The van der Waals surface area contributed by atoms with E-state index in [4.69, 9.17) is 4.74 Å². The summed E-state index contributed by atoms with van der Waals surface area (Å²) in [6, 6.07) is 5.73. The molecule has 2 aromatic rings. The second-order valence-electron chi connectivity index (χ2n) is 10.0. The number of amides is 2. The molecule has 10 nitrogen and oxygen atoms in total. The second kappa shape index (κ2) is 9.70. The van der Waals surface area contributed by atoms with Gasteiger partial charge in [-0.1, -0.05) is 12.1 Å². The number of carbonyl (C=O) groups is 3. The Balaban J connectivity index is 1.46. The number of likely N-dealkylation sites (N-methyl/N-ethyl adjacent to an activating group) is 1. The van der Waals surface area contributed by atoms with Crippen LogP contribution < -0.4 is 5.56 Å². The third kappa shape index (κ3) is 4.41. The predicted octanol–water partition coefficient (Wildman–Crippen LogP) is 1.23. The minimum Gasteiger partial charge on any atom is -0.501 e. The summed E-state index contributed by atoms with van der Waals surface area (Å²) < 4.78 is 19.8. The number of hydrogen-bond donors (Lipinski definition) is 1. The summed E-state index contributed by atoms with van der Waals surface area (Å²) in [7, 11) is 1.54. The quantitative estimate of drug-likeness (QED) is 0.472. The lowest BCUT2D eigenvalue weighted by molar-refractivity contribution is -0.157. The maximum absolute atomic E-state index is 13.3. The lowest BCUT2D eigenvalue weighted by Crippen LogP contribution is -2.56. The smallest absolute Gasteiger partial charge is 0.312 e. The summed E-state index contributed by atoms with van der Waals surface area (Å²) in [5.41, 5.74) is -1.39. The highest BCUT2D eigenvalue weighted by molar-refractivity contribution is 6.35. The molecule has 0 radical (unpaired) electrons. The highest BCUT2D eigenvalue weighted by atomic mass is 19.1. The maximum Gasteiger partial charge on any atom is 0.312 e. The van der Waals surface area contributed by atoms with Gasteiger partial charge in [0.2, 0.25) is 5.75 Å². The fourth-order valence-corrected chi connectivity index (χ4v) is 5.73. The van der Waals surface area contributed by atoms with Crippen LogP contribution in [-0.4, -0.2) is 75.4 Å². The number of ether oxygens (including phenoxy) is 1. The average molecular weight is 513 g/mol. The van der Waals surface area contributed by atoms with Crippen molar-refractivity contribution in [2.75, 3.05) is 33.4 Å². The largest absolute Gasteiger partial charge is 0.501 e. The maximum atomic E-state index is 13.3. The van der Waals surface area contributed by atoms with Crippen molar-refractivity contribution in [1.82, 2.24) is 19.4 Å². The van der Waals surface area contributed by atoms with E-state index in [1.165, 1.54) is 33.5 Å². The van der Waals surface area contributed by atoms with E-state index >= 15 is 0 Å². The Morgan fingerprint density at radius 3 is 2.62 bits per heavy atom. The van der Waals surface area contributed by atoms with Crippen molar-refractivity contribution in [3.05, 3.63) is 57.5 Å². The summed E-state index contributed by atoms with van der Waals surface area (Å²) in [5, 5.41) is 10.6. The van der Waals surface area contributed by atoms with Crippen LogP contribution in [0.4, 0.5) is 4.39 Å². The van der Waals surface area contributed by atoms with Crippen LogP contribution in [0.2, 0.25) is 0 Å². The molecule has 1 aliphatic carbocycles. The number of Topliss-reactive ketones (excluding diaryl/α,β-unsaturated/α-hetero) is 1. The molecule has 1 N–H and O–H groups in total. The van der Waals surface area contributed by atoms with Crippen molar-refractivity contribution < 1.29 is 28.6 Å². The molecule has 2 bridgehead atoms. The van der Waals surface area contributed by atoms with E-state index in [0.29, 0.717) is 52.1 Å². The summed E-state index contributed by atoms with van der Waals surface area (Å²) in [6.07, 6.45) is 1.93.